The molecule has 0 saturated carbocycles. The van der Waals surface area contributed by atoms with Crippen LogP contribution in [0.4, 0.5) is 6.01 Å². The molecule has 31 heavy (non-hydrogen) atoms. The lowest BCUT2D eigenvalue weighted by Gasteiger charge is -2.07. The van der Waals surface area contributed by atoms with Crippen molar-refractivity contribution in [2.45, 2.75) is 4.90 Å². The Morgan fingerprint density at radius 3 is 2.39 bits per heavy atom. The lowest BCUT2D eigenvalue weighted by molar-refractivity contribution is 0.102. The zero-order valence-corrected chi connectivity index (χ0v) is 17.2. The Hall–Kier alpha value is -3.98. The number of aromatic nitrogens is 2. The maximum absolute atomic E-state index is 12.6. The number of ether oxygens (including phenoxy) is 1. The molecule has 4 rings (SSSR count). The van der Waals surface area contributed by atoms with Gasteiger partial charge in [-0.2, -0.15) is 0 Å². The number of rotatable bonds is 6. The van der Waals surface area contributed by atoms with Crippen molar-refractivity contribution in [3.63, 3.8) is 0 Å². The summed E-state index contributed by atoms with van der Waals surface area (Å²) in [6, 6.07) is 21.9. The number of anilines is 1. The predicted molar refractivity (Wildman–Crippen MR) is 114 cm³/mol. The van der Waals surface area contributed by atoms with Crippen LogP contribution in [0.3, 0.4) is 0 Å². The van der Waals surface area contributed by atoms with Gasteiger partial charge in [0.2, 0.25) is 0 Å². The van der Waals surface area contributed by atoms with Crippen LogP contribution in [-0.2, 0) is 9.84 Å². The molecule has 3 aromatic carbocycles. The summed E-state index contributed by atoms with van der Waals surface area (Å²) in [5, 5.41) is 10.2. The molecule has 9 heteroatoms. The van der Waals surface area contributed by atoms with Gasteiger partial charge in [-0.3, -0.25) is 10.1 Å². The highest BCUT2D eigenvalue weighted by molar-refractivity contribution is 7.90. The van der Waals surface area contributed by atoms with Crippen LogP contribution in [0.5, 0.6) is 11.5 Å². The van der Waals surface area contributed by atoms with Crippen LogP contribution in [0.1, 0.15) is 10.4 Å². The van der Waals surface area contributed by atoms with Gasteiger partial charge in [0.05, 0.1) is 10.5 Å². The Morgan fingerprint density at radius 1 is 0.903 bits per heavy atom. The Bertz CT molecular complexity index is 1330. The van der Waals surface area contributed by atoms with E-state index in [2.05, 4.69) is 15.5 Å². The third-order valence-corrected chi connectivity index (χ3v) is 5.39. The van der Waals surface area contributed by atoms with Gasteiger partial charge < -0.3 is 9.15 Å². The summed E-state index contributed by atoms with van der Waals surface area (Å²) >= 11 is 0. The topological polar surface area (TPSA) is 111 Å². The molecular weight excluding hydrogens is 418 g/mol. The second-order valence-corrected chi connectivity index (χ2v) is 8.56. The van der Waals surface area contributed by atoms with Crippen LogP contribution in [0, 0.1) is 0 Å². The van der Waals surface area contributed by atoms with Crippen molar-refractivity contribution in [2.75, 3.05) is 11.6 Å². The molecule has 0 aliphatic heterocycles. The van der Waals surface area contributed by atoms with E-state index in [1.165, 1.54) is 6.07 Å². The summed E-state index contributed by atoms with van der Waals surface area (Å²) < 4.78 is 35.2. The fraction of sp³-hybridized carbons (Fsp3) is 0.0455. The van der Waals surface area contributed by atoms with Crippen LogP contribution < -0.4 is 10.1 Å². The molecule has 0 radical (unpaired) electrons. The van der Waals surface area contributed by atoms with Gasteiger partial charge in [-0.25, -0.2) is 8.42 Å². The van der Waals surface area contributed by atoms with Gasteiger partial charge in [-0.15, -0.1) is 5.10 Å². The Labute approximate surface area is 178 Å². The Morgan fingerprint density at radius 2 is 1.61 bits per heavy atom. The molecule has 0 aliphatic rings. The summed E-state index contributed by atoms with van der Waals surface area (Å²) in [4.78, 5) is 12.7. The van der Waals surface area contributed by atoms with Crippen molar-refractivity contribution in [3.05, 3.63) is 84.4 Å². The van der Waals surface area contributed by atoms with E-state index in [9.17, 15) is 13.2 Å². The van der Waals surface area contributed by atoms with E-state index in [1.54, 1.807) is 54.6 Å². The molecule has 0 aliphatic carbocycles. The van der Waals surface area contributed by atoms with E-state index < -0.39 is 15.7 Å². The van der Waals surface area contributed by atoms with Gasteiger partial charge in [-0.1, -0.05) is 41.5 Å². The number of amides is 1. The van der Waals surface area contributed by atoms with Crippen molar-refractivity contribution >= 4 is 21.8 Å². The molecule has 0 fully saturated rings. The molecule has 1 heterocycles. The molecule has 0 atom stereocenters. The number of carbonyl (C=O) groups excluding carboxylic acids is 1. The normalized spacial score (nSPS) is 11.1. The predicted octanol–water partition coefficient (Wildman–Crippen LogP) is 4.18. The van der Waals surface area contributed by atoms with Crippen LogP contribution in [0.15, 0.2) is 88.2 Å². The number of carbonyl (C=O) groups is 1. The average Bonchev–Trinajstić information content (AvgIpc) is 3.22. The molecule has 0 unspecified atom stereocenters. The number of para-hydroxylation sites is 1. The highest BCUT2D eigenvalue weighted by Gasteiger charge is 2.19. The first kappa shape index (κ1) is 20.3. The van der Waals surface area contributed by atoms with Gasteiger partial charge in [-0.05, 0) is 42.5 Å². The minimum absolute atomic E-state index is 0.0162. The highest BCUT2D eigenvalue weighted by Crippen LogP contribution is 2.27. The summed E-state index contributed by atoms with van der Waals surface area (Å²) in [7, 11) is -3.50. The first-order valence-corrected chi connectivity index (χ1v) is 11.1. The molecule has 0 bridgehead atoms. The van der Waals surface area contributed by atoms with Crippen LogP contribution >= 0.6 is 0 Å². The quantitative estimate of drug-likeness (QED) is 0.483. The first-order valence-electron chi connectivity index (χ1n) is 9.17. The van der Waals surface area contributed by atoms with Gasteiger partial charge >= 0.3 is 6.01 Å². The SMILES string of the molecule is CS(=O)(=O)c1ccccc1-c1nnc(NC(=O)c2cccc(Oc3ccccc3)c2)o1. The number of sulfone groups is 1. The van der Waals surface area contributed by atoms with Crippen LogP contribution in [0.25, 0.3) is 11.5 Å². The third kappa shape index (κ3) is 4.78. The molecular formula is C22H17N3O5S. The van der Waals surface area contributed by atoms with Gasteiger partial charge in [0.25, 0.3) is 11.8 Å². The fourth-order valence-electron chi connectivity index (χ4n) is 2.84. The molecule has 1 N–H and O–H groups in total. The highest BCUT2D eigenvalue weighted by atomic mass is 32.2. The summed E-state index contributed by atoms with van der Waals surface area (Å²) in [6.07, 6.45) is 1.09. The number of hydrogen-bond acceptors (Lipinski definition) is 7. The number of nitrogens with one attached hydrogen (secondary N) is 1. The molecule has 1 aromatic heterocycles. The second-order valence-electron chi connectivity index (χ2n) is 6.58. The molecule has 0 saturated heterocycles. The van der Waals surface area contributed by atoms with E-state index in [4.69, 9.17) is 9.15 Å². The van der Waals surface area contributed by atoms with E-state index in [1.807, 2.05) is 18.2 Å². The van der Waals surface area contributed by atoms with Crippen molar-refractivity contribution in [1.29, 1.82) is 0 Å². The minimum atomic E-state index is -3.50. The number of nitrogens with zero attached hydrogens (tertiary/aromatic N) is 2. The molecule has 0 spiro atoms. The monoisotopic (exact) mass is 435 g/mol. The third-order valence-electron chi connectivity index (χ3n) is 4.24. The molecule has 1 amide bonds. The average molecular weight is 435 g/mol. The fourth-order valence-corrected chi connectivity index (χ4v) is 3.72. The molecule has 156 valence electrons. The Balaban J connectivity index is 1.52. The standard InChI is InChI=1S/C22H17N3O5S/c1-31(27,28)19-13-6-5-12-18(19)21-24-25-22(30-21)23-20(26)15-8-7-11-17(14-15)29-16-9-3-2-4-10-16/h2-14H,1H3,(H,23,25,26). The van der Waals surface area contributed by atoms with E-state index >= 15 is 0 Å². The van der Waals surface area contributed by atoms with Gasteiger partial charge in [0.1, 0.15) is 11.5 Å². The molecule has 8 nitrogen and oxygen atoms in total. The van der Waals surface area contributed by atoms with Crippen molar-refractivity contribution in [3.8, 4) is 23.0 Å². The molecule has 4 aromatic rings. The van der Waals surface area contributed by atoms with E-state index in [-0.39, 0.29) is 22.4 Å². The van der Waals surface area contributed by atoms with Gasteiger partial charge in [0.15, 0.2) is 9.84 Å². The lowest BCUT2D eigenvalue weighted by Crippen LogP contribution is -2.12. The zero-order valence-electron chi connectivity index (χ0n) is 16.3. The van der Waals surface area contributed by atoms with E-state index in [0.29, 0.717) is 17.1 Å². The largest absolute Gasteiger partial charge is 0.457 e. The lowest BCUT2D eigenvalue weighted by atomic mass is 10.2. The Kier molecular flexibility index (Phi) is 5.50. The van der Waals surface area contributed by atoms with E-state index in [0.717, 1.165) is 6.26 Å². The van der Waals surface area contributed by atoms with Crippen LogP contribution in [0.2, 0.25) is 0 Å². The smallest absolute Gasteiger partial charge is 0.322 e. The summed E-state index contributed by atoms with van der Waals surface area (Å²) in [5.41, 5.74) is 0.584. The number of hydrogen-bond donors (Lipinski definition) is 1. The zero-order chi connectivity index (χ0) is 21.8. The summed E-state index contributed by atoms with van der Waals surface area (Å²) in [6.45, 7) is 0. The first-order chi connectivity index (χ1) is 14.9. The van der Waals surface area contributed by atoms with Crippen molar-refractivity contribution in [1.82, 2.24) is 10.2 Å². The van der Waals surface area contributed by atoms with Crippen LogP contribution in [-0.4, -0.2) is 30.8 Å². The number of benzene rings is 3. The second kappa shape index (κ2) is 8.41. The van der Waals surface area contributed by atoms with Crippen molar-refractivity contribution in [2.24, 2.45) is 0 Å². The van der Waals surface area contributed by atoms with Crippen molar-refractivity contribution < 1.29 is 22.4 Å². The maximum atomic E-state index is 12.6. The minimum Gasteiger partial charge on any atom is -0.457 e. The summed E-state index contributed by atoms with van der Waals surface area (Å²) in [5.74, 6) is 0.640. The maximum Gasteiger partial charge on any atom is 0.322 e. The van der Waals surface area contributed by atoms with Gasteiger partial charge in [0, 0.05) is 11.8 Å².